The van der Waals surface area contributed by atoms with Gasteiger partial charge in [-0.15, -0.1) is 11.3 Å². The number of hydrogen-bond donors (Lipinski definition) is 1. The van der Waals surface area contributed by atoms with Crippen molar-refractivity contribution in [1.82, 2.24) is 14.9 Å². The van der Waals surface area contributed by atoms with Crippen molar-refractivity contribution in [3.05, 3.63) is 53.6 Å². The minimum Gasteiger partial charge on any atom is -0.460 e. The molecule has 1 atom stereocenters. The first-order valence-corrected chi connectivity index (χ1v) is 9.48. The molecule has 4 rings (SSSR count). The highest BCUT2D eigenvalue weighted by Gasteiger charge is 2.35. The summed E-state index contributed by atoms with van der Waals surface area (Å²) in [4.78, 5) is 17.9. The molecule has 1 saturated carbocycles. The first-order chi connectivity index (χ1) is 12.2. The third-order valence-corrected chi connectivity index (χ3v) is 5.46. The number of furan rings is 1. The van der Waals surface area contributed by atoms with Crippen molar-refractivity contribution in [1.29, 1.82) is 0 Å². The van der Waals surface area contributed by atoms with Crippen molar-refractivity contribution >= 4 is 17.2 Å². The van der Waals surface area contributed by atoms with E-state index in [1.165, 1.54) is 0 Å². The van der Waals surface area contributed by atoms with Crippen LogP contribution in [0.15, 0.2) is 46.5 Å². The first kappa shape index (κ1) is 16.1. The molecule has 25 heavy (non-hydrogen) atoms. The number of nitrogens with one attached hydrogen (secondary N) is 1. The van der Waals surface area contributed by atoms with Gasteiger partial charge in [-0.2, -0.15) is 0 Å². The van der Waals surface area contributed by atoms with E-state index in [4.69, 9.17) is 4.42 Å². The number of nitrogens with zero attached hydrogens (tertiary/aromatic N) is 2. The normalized spacial score (nSPS) is 15.2. The van der Waals surface area contributed by atoms with Gasteiger partial charge in [0, 0.05) is 32.3 Å². The Morgan fingerprint density at radius 2 is 2.32 bits per heavy atom. The van der Waals surface area contributed by atoms with Crippen LogP contribution in [-0.2, 0) is 18.3 Å². The zero-order valence-corrected chi connectivity index (χ0v) is 15.0. The number of carbonyl (C=O) groups excluding carboxylic acids is 1. The standard InChI is InChI=1S/C19H21N3O2S/c1-22-11-10-20-19(22)18(13-4-5-13)21-17(23)9-7-14-6-8-15(24-14)16-3-2-12-25-16/h2-3,6,8,10-13,18H,4-5,7,9H2,1H3,(H,21,23)/t18-/m0/s1. The molecule has 1 aliphatic carbocycles. The molecule has 0 unspecified atom stereocenters. The molecule has 0 radical (unpaired) electrons. The summed E-state index contributed by atoms with van der Waals surface area (Å²) in [7, 11) is 1.97. The molecule has 0 aliphatic heterocycles. The molecular weight excluding hydrogens is 334 g/mol. The van der Waals surface area contributed by atoms with Gasteiger partial charge in [0.2, 0.25) is 5.91 Å². The smallest absolute Gasteiger partial charge is 0.221 e. The fourth-order valence-electron chi connectivity index (χ4n) is 3.05. The summed E-state index contributed by atoms with van der Waals surface area (Å²) in [5.41, 5.74) is 0. The first-order valence-electron chi connectivity index (χ1n) is 8.60. The van der Waals surface area contributed by atoms with Crippen molar-refractivity contribution in [3.63, 3.8) is 0 Å². The van der Waals surface area contributed by atoms with E-state index >= 15 is 0 Å². The Morgan fingerprint density at radius 3 is 3.00 bits per heavy atom. The highest BCUT2D eigenvalue weighted by Crippen LogP contribution is 2.40. The Balaban J connectivity index is 1.35. The van der Waals surface area contributed by atoms with E-state index in [0.29, 0.717) is 18.8 Å². The zero-order chi connectivity index (χ0) is 17.2. The molecule has 0 bridgehead atoms. The van der Waals surface area contributed by atoms with Crippen LogP contribution in [0.1, 0.15) is 36.9 Å². The molecule has 3 aromatic heterocycles. The summed E-state index contributed by atoms with van der Waals surface area (Å²) in [6.45, 7) is 0. The van der Waals surface area contributed by atoms with E-state index in [1.807, 2.05) is 47.5 Å². The number of imidazole rings is 1. The number of rotatable bonds is 7. The summed E-state index contributed by atoms with van der Waals surface area (Å²) in [5, 5.41) is 5.19. The number of aryl methyl sites for hydroxylation is 2. The summed E-state index contributed by atoms with van der Waals surface area (Å²) in [6.07, 6.45) is 7.04. The fourth-order valence-corrected chi connectivity index (χ4v) is 3.73. The summed E-state index contributed by atoms with van der Waals surface area (Å²) >= 11 is 1.65. The van der Waals surface area contributed by atoms with E-state index < -0.39 is 0 Å². The van der Waals surface area contributed by atoms with E-state index in [-0.39, 0.29) is 11.9 Å². The van der Waals surface area contributed by atoms with Gasteiger partial charge in [0.05, 0.1) is 10.9 Å². The summed E-state index contributed by atoms with van der Waals surface area (Å²) in [5.74, 6) is 3.22. The highest BCUT2D eigenvalue weighted by atomic mass is 32.1. The van der Waals surface area contributed by atoms with Crippen molar-refractivity contribution < 1.29 is 9.21 Å². The summed E-state index contributed by atoms with van der Waals surface area (Å²) in [6, 6.07) is 7.99. The van der Waals surface area contributed by atoms with Crippen LogP contribution < -0.4 is 5.32 Å². The topological polar surface area (TPSA) is 60.1 Å². The van der Waals surface area contributed by atoms with Gasteiger partial charge in [0.25, 0.3) is 0 Å². The minimum absolute atomic E-state index is 0.0192. The second kappa shape index (κ2) is 6.88. The molecule has 0 saturated heterocycles. The Bertz CT molecular complexity index is 846. The molecule has 3 heterocycles. The lowest BCUT2D eigenvalue weighted by atomic mass is 10.1. The number of hydrogen-bond acceptors (Lipinski definition) is 4. The Morgan fingerprint density at radius 1 is 1.44 bits per heavy atom. The van der Waals surface area contributed by atoms with Gasteiger partial charge in [-0.25, -0.2) is 4.98 Å². The zero-order valence-electron chi connectivity index (χ0n) is 14.1. The second-order valence-electron chi connectivity index (χ2n) is 6.52. The van der Waals surface area contributed by atoms with Crippen molar-refractivity contribution in [2.75, 3.05) is 0 Å². The second-order valence-corrected chi connectivity index (χ2v) is 7.47. The molecule has 0 aromatic carbocycles. The van der Waals surface area contributed by atoms with Gasteiger partial charge < -0.3 is 14.3 Å². The quantitative estimate of drug-likeness (QED) is 0.698. The third-order valence-electron chi connectivity index (χ3n) is 4.57. The van der Waals surface area contributed by atoms with Crippen LogP contribution in [0.4, 0.5) is 0 Å². The molecule has 1 amide bonds. The largest absolute Gasteiger partial charge is 0.460 e. The van der Waals surface area contributed by atoms with Crippen LogP contribution in [0.25, 0.3) is 10.6 Å². The molecular formula is C19H21N3O2S. The van der Waals surface area contributed by atoms with Crippen LogP contribution in [-0.4, -0.2) is 15.5 Å². The van der Waals surface area contributed by atoms with E-state index in [9.17, 15) is 4.79 Å². The van der Waals surface area contributed by atoms with Crippen molar-refractivity contribution in [3.8, 4) is 10.6 Å². The molecule has 1 N–H and O–H groups in total. The SMILES string of the molecule is Cn1ccnc1[C@@H](NC(=O)CCc1ccc(-c2cccs2)o1)C1CC1. The molecule has 130 valence electrons. The lowest BCUT2D eigenvalue weighted by Crippen LogP contribution is -2.31. The maximum atomic E-state index is 12.4. The van der Waals surface area contributed by atoms with Crippen molar-refractivity contribution in [2.24, 2.45) is 13.0 Å². The average molecular weight is 355 g/mol. The van der Waals surface area contributed by atoms with Crippen LogP contribution in [0.5, 0.6) is 0 Å². The van der Waals surface area contributed by atoms with Crippen LogP contribution in [0.3, 0.4) is 0 Å². The molecule has 6 heteroatoms. The Labute approximate surface area is 150 Å². The molecule has 3 aromatic rings. The van der Waals surface area contributed by atoms with Gasteiger partial charge in [-0.3, -0.25) is 4.79 Å². The lowest BCUT2D eigenvalue weighted by Gasteiger charge is -2.18. The van der Waals surface area contributed by atoms with Gasteiger partial charge in [0.1, 0.15) is 17.3 Å². The van der Waals surface area contributed by atoms with Crippen LogP contribution >= 0.6 is 11.3 Å². The molecule has 1 aliphatic rings. The number of thiophene rings is 1. The predicted octanol–water partition coefficient (Wildman–Crippen LogP) is 3.94. The maximum absolute atomic E-state index is 12.4. The molecule has 0 spiro atoms. The summed E-state index contributed by atoms with van der Waals surface area (Å²) < 4.78 is 7.84. The number of amides is 1. The average Bonchev–Trinajstić information content (AvgIpc) is 3.02. The molecule has 1 fully saturated rings. The fraction of sp³-hybridized carbons (Fsp3) is 0.368. The van der Waals surface area contributed by atoms with E-state index in [2.05, 4.69) is 10.3 Å². The number of carbonyl (C=O) groups is 1. The highest BCUT2D eigenvalue weighted by molar-refractivity contribution is 7.13. The van der Waals surface area contributed by atoms with E-state index in [1.54, 1.807) is 17.5 Å². The van der Waals surface area contributed by atoms with Gasteiger partial charge in [0.15, 0.2) is 0 Å². The van der Waals surface area contributed by atoms with E-state index in [0.717, 1.165) is 35.1 Å². The molecule has 5 nitrogen and oxygen atoms in total. The number of aromatic nitrogens is 2. The van der Waals surface area contributed by atoms with Gasteiger partial charge in [-0.1, -0.05) is 6.07 Å². The third kappa shape index (κ3) is 3.69. The Hall–Kier alpha value is -2.34. The minimum atomic E-state index is 0.0192. The van der Waals surface area contributed by atoms with Crippen molar-refractivity contribution in [2.45, 2.75) is 31.7 Å². The Kier molecular flexibility index (Phi) is 4.44. The van der Waals surface area contributed by atoms with Crippen LogP contribution in [0, 0.1) is 5.92 Å². The predicted molar refractivity (Wildman–Crippen MR) is 97.2 cm³/mol. The monoisotopic (exact) mass is 355 g/mol. The van der Waals surface area contributed by atoms with Gasteiger partial charge >= 0.3 is 0 Å². The maximum Gasteiger partial charge on any atom is 0.221 e. The van der Waals surface area contributed by atoms with Crippen LogP contribution in [0.2, 0.25) is 0 Å². The van der Waals surface area contributed by atoms with Gasteiger partial charge in [-0.05, 0) is 42.3 Å². The lowest BCUT2D eigenvalue weighted by molar-refractivity contribution is -0.122.